The minimum atomic E-state index is 0.432. The van der Waals surface area contributed by atoms with Crippen molar-refractivity contribution in [3.63, 3.8) is 0 Å². The molecule has 1 aromatic heterocycles. The van der Waals surface area contributed by atoms with Gasteiger partial charge in [-0.1, -0.05) is 13.3 Å². The number of aromatic nitrogens is 1. The fourth-order valence-corrected chi connectivity index (χ4v) is 2.53. The first-order valence-electron chi connectivity index (χ1n) is 6.03. The SMILES string of the molecule is CCCC(CN)c1csc(CCOCC)n1. The molecule has 1 unspecified atom stereocenters. The van der Waals surface area contributed by atoms with Crippen LogP contribution in [0, 0.1) is 0 Å². The van der Waals surface area contributed by atoms with Gasteiger partial charge in [0.25, 0.3) is 0 Å². The smallest absolute Gasteiger partial charge is 0.0951 e. The van der Waals surface area contributed by atoms with E-state index >= 15 is 0 Å². The van der Waals surface area contributed by atoms with E-state index in [1.807, 2.05) is 6.92 Å². The summed E-state index contributed by atoms with van der Waals surface area (Å²) in [6.45, 7) is 6.44. The van der Waals surface area contributed by atoms with Gasteiger partial charge in [0, 0.05) is 30.9 Å². The lowest BCUT2D eigenvalue weighted by molar-refractivity contribution is 0.151. The molecule has 1 rings (SSSR count). The summed E-state index contributed by atoms with van der Waals surface area (Å²) >= 11 is 1.72. The van der Waals surface area contributed by atoms with Crippen LogP contribution in [-0.4, -0.2) is 24.7 Å². The molecule has 1 aromatic rings. The number of nitrogens with two attached hydrogens (primary N) is 1. The Bertz CT molecular complexity index is 288. The van der Waals surface area contributed by atoms with Crippen LogP contribution in [0.4, 0.5) is 0 Å². The molecule has 0 amide bonds. The third-order valence-electron chi connectivity index (χ3n) is 2.57. The maximum absolute atomic E-state index is 5.76. The number of hydrogen-bond donors (Lipinski definition) is 1. The predicted molar refractivity (Wildman–Crippen MR) is 69.0 cm³/mol. The average molecular weight is 242 g/mol. The fourth-order valence-electron chi connectivity index (χ4n) is 1.67. The van der Waals surface area contributed by atoms with E-state index < -0.39 is 0 Å². The Morgan fingerprint density at radius 1 is 1.50 bits per heavy atom. The Labute approximate surface area is 102 Å². The molecule has 0 spiro atoms. The van der Waals surface area contributed by atoms with Crippen molar-refractivity contribution in [1.82, 2.24) is 4.98 Å². The number of rotatable bonds is 8. The Kier molecular flexibility index (Phi) is 6.61. The van der Waals surface area contributed by atoms with Crippen molar-refractivity contribution in [3.05, 3.63) is 16.1 Å². The lowest BCUT2D eigenvalue weighted by Gasteiger charge is -2.09. The van der Waals surface area contributed by atoms with Crippen molar-refractivity contribution in [3.8, 4) is 0 Å². The van der Waals surface area contributed by atoms with Crippen molar-refractivity contribution in [2.45, 2.75) is 39.0 Å². The highest BCUT2D eigenvalue weighted by Gasteiger charge is 2.12. The number of hydrogen-bond acceptors (Lipinski definition) is 4. The van der Waals surface area contributed by atoms with Gasteiger partial charge in [-0.15, -0.1) is 11.3 Å². The van der Waals surface area contributed by atoms with Crippen LogP contribution in [0.5, 0.6) is 0 Å². The highest BCUT2D eigenvalue weighted by Crippen LogP contribution is 2.22. The van der Waals surface area contributed by atoms with Crippen LogP contribution in [0.15, 0.2) is 5.38 Å². The van der Waals surface area contributed by atoms with Gasteiger partial charge in [0.1, 0.15) is 0 Å². The molecule has 0 aliphatic heterocycles. The molecule has 4 heteroatoms. The van der Waals surface area contributed by atoms with Gasteiger partial charge < -0.3 is 10.5 Å². The maximum Gasteiger partial charge on any atom is 0.0951 e. The van der Waals surface area contributed by atoms with Gasteiger partial charge in [-0.2, -0.15) is 0 Å². The van der Waals surface area contributed by atoms with Crippen molar-refractivity contribution in [2.75, 3.05) is 19.8 Å². The first-order valence-corrected chi connectivity index (χ1v) is 6.91. The van der Waals surface area contributed by atoms with E-state index in [2.05, 4.69) is 17.3 Å². The molecule has 3 nitrogen and oxygen atoms in total. The normalized spacial score (nSPS) is 12.9. The van der Waals surface area contributed by atoms with Gasteiger partial charge in [0.2, 0.25) is 0 Å². The summed E-state index contributed by atoms with van der Waals surface area (Å²) in [5.74, 6) is 0.432. The van der Waals surface area contributed by atoms with Crippen LogP contribution in [0.2, 0.25) is 0 Å². The lowest BCUT2D eigenvalue weighted by Crippen LogP contribution is -2.12. The summed E-state index contributed by atoms with van der Waals surface area (Å²) in [5.41, 5.74) is 6.93. The number of thiazole rings is 1. The summed E-state index contributed by atoms with van der Waals surface area (Å²) in [4.78, 5) is 4.63. The van der Waals surface area contributed by atoms with Crippen LogP contribution in [0.25, 0.3) is 0 Å². The van der Waals surface area contributed by atoms with Crippen LogP contribution in [0.3, 0.4) is 0 Å². The average Bonchev–Trinajstić information content (AvgIpc) is 2.75. The van der Waals surface area contributed by atoms with Crippen LogP contribution >= 0.6 is 11.3 Å². The molecule has 0 fully saturated rings. The summed E-state index contributed by atoms with van der Waals surface area (Å²) in [6.07, 6.45) is 3.21. The van der Waals surface area contributed by atoms with Crippen molar-refractivity contribution in [1.29, 1.82) is 0 Å². The van der Waals surface area contributed by atoms with E-state index in [9.17, 15) is 0 Å². The molecule has 16 heavy (non-hydrogen) atoms. The predicted octanol–water partition coefficient (Wildman–Crippen LogP) is 2.56. The van der Waals surface area contributed by atoms with Crippen LogP contribution in [0.1, 0.15) is 43.3 Å². The monoisotopic (exact) mass is 242 g/mol. The van der Waals surface area contributed by atoms with Crippen LogP contribution < -0.4 is 5.73 Å². The summed E-state index contributed by atoms with van der Waals surface area (Å²) in [6, 6.07) is 0. The third kappa shape index (κ3) is 4.20. The van der Waals surface area contributed by atoms with E-state index in [4.69, 9.17) is 10.5 Å². The molecule has 2 N–H and O–H groups in total. The quantitative estimate of drug-likeness (QED) is 0.713. The van der Waals surface area contributed by atoms with E-state index in [0.717, 1.165) is 37.5 Å². The summed E-state index contributed by atoms with van der Waals surface area (Å²) in [5, 5.41) is 3.31. The fraction of sp³-hybridized carbons (Fsp3) is 0.750. The molecule has 0 radical (unpaired) electrons. The Hall–Kier alpha value is -0.450. The summed E-state index contributed by atoms with van der Waals surface area (Å²) in [7, 11) is 0. The highest BCUT2D eigenvalue weighted by atomic mass is 32.1. The number of ether oxygens (including phenoxy) is 1. The molecular weight excluding hydrogens is 220 g/mol. The van der Waals surface area contributed by atoms with Gasteiger partial charge in [-0.25, -0.2) is 4.98 Å². The lowest BCUT2D eigenvalue weighted by atomic mass is 10.0. The van der Waals surface area contributed by atoms with Gasteiger partial charge in [0.05, 0.1) is 17.3 Å². The first-order chi connectivity index (χ1) is 7.81. The van der Waals surface area contributed by atoms with Crippen molar-refractivity contribution in [2.24, 2.45) is 5.73 Å². The van der Waals surface area contributed by atoms with E-state index in [-0.39, 0.29) is 0 Å². The minimum Gasteiger partial charge on any atom is -0.381 e. The van der Waals surface area contributed by atoms with Crippen molar-refractivity contribution >= 4 is 11.3 Å². The zero-order chi connectivity index (χ0) is 11.8. The number of nitrogens with zero attached hydrogens (tertiary/aromatic N) is 1. The largest absolute Gasteiger partial charge is 0.381 e. The Balaban J connectivity index is 2.48. The minimum absolute atomic E-state index is 0.432. The molecule has 0 saturated carbocycles. The molecule has 0 bridgehead atoms. The molecule has 0 aromatic carbocycles. The zero-order valence-electron chi connectivity index (χ0n) is 10.2. The standard InChI is InChI=1S/C12H22N2OS/c1-3-5-10(8-13)11-9-16-12(14-11)6-7-15-4-2/h9-10H,3-8,13H2,1-2H3. The van der Waals surface area contributed by atoms with E-state index in [1.165, 1.54) is 5.69 Å². The zero-order valence-corrected chi connectivity index (χ0v) is 11.1. The maximum atomic E-state index is 5.76. The molecule has 92 valence electrons. The highest BCUT2D eigenvalue weighted by molar-refractivity contribution is 7.09. The third-order valence-corrected chi connectivity index (χ3v) is 3.50. The Morgan fingerprint density at radius 3 is 2.94 bits per heavy atom. The molecule has 1 heterocycles. The topological polar surface area (TPSA) is 48.1 Å². The van der Waals surface area contributed by atoms with Crippen molar-refractivity contribution < 1.29 is 4.74 Å². The second-order valence-corrected chi connectivity index (χ2v) is 4.78. The van der Waals surface area contributed by atoms with Crippen LogP contribution in [-0.2, 0) is 11.2 Å². The molecule has 1 atom stereocenters. The van der Waals surface area contributed by atoms with Gasteiger partial charge in [-0.3, -0.25) is 0 Å². The molecule has 0 aliphatic carbocycles. The second-order valence-electron chi connectivity index (χ2n) is 3.83. The van der Waals surface area contributed by atoms with E-state index in [0.29, 0.717) is 12.5 Å². The van der Waals surface area contributed by atoms with Gasteiger partial charge in [0.15, 0.2) is 0 Å². The first kappa shape index (κ1) is 13.6. The van der Waals surface area contributed by atoms with Gasteiger partial charge >= 0.3 is 0 Å². The van der Waals surface area contributed by atoms with Gasteiger partial charge in [-0.05, 0) is 13.3 Å². The molecular formula is C12H22N2OS. The second kappa shape index (κ2) is 7.76. The Morgan fingerprint density at radius 2 is 2.31 bits per heavy atom. The summed E-state index contributed by atoms with van der Waals surface area (Å²) < 4.78 is 5.32. The van der Waals surface area contributed by atoms with E-state index in [1.54, 1.807) is 11.3 Å². The molecule has 0 aliphatic rings. The molecule has 0 saturated heterocycles.